The molecule has 6 nitrogen and oxygen atoms in total. The minimum Gasteiger partial charge on any atom is -0.349 e. The fourth-order valence-corrected chi connectivity index (χ4v) is 3.68. The Bertz CT molecular complexity index is 1090. The number of nitriles is 1. The molecule has 0 aliphatic heterocycles. The molecule has 1 N–H and O–H groups in total. The predicted octanol–water partition coefficient (Wildman–Crippen LogP) is 4.12. The van der Waals surface area contributed by atoms with Crippen LogP contribution in [0.2, 0.25) is 5.02 Å². The molecule has 0 saturated carbocycles. The van der Waals surface area contributed by atoms with Gasteiger partial charge in [-0.25, -0.2) is 8.42 Å². The van der Waals surface area contributed by atoms with Crippen molar-refractivity contribution in [2.45, 2.75) is 38.6 Å². The van der Waals surface area contributed by atoms with Crippen molar-refractivity contribution >= 4 is 39.1 Å². The van der Waals surface area contributed by atoms with Crippen LogP contribution in [0.25, 0.3) is 6.08 Å². The lowest BCUT2D eigenvalue weighted by Gasteiger charge is -2.09. The average Bonchev–Trinajstić information content (AvgIpc) is 2.88. The first-order valence-corrected chi connectivity index (χ1v) is 10.9. The maximum absolute atomic E-state index is 12.6. The van der Waals surface area contributed by atoms with E-state index in [1.54, 1.807) is 0 Å². The molecule has 0 saturated heterocycles. The quantitative estimate of drug-likeness (QED) is 0.563. The summed E-state index contributed by atoms with van der Waals surface area (Å²) in [6, 6.07) is 7.85. The molecule has 28 heavy (non-hydrogen) atoms. The van der Waals surface area contributed by atoms with Gasteiger partial charge in [0.05, 0.1) is 15.6 Å². The van der Waals surface area contributed by atoms with Gasteiger partial charge in [0.15, 0.2) is 9.84 Å². The van der Waals surface area contributed by atoms with Crippen LogP contribution in [0.3, 0.4) is 0 Å². The molecule has 8 heteroatoms. The molecular formula is C20H22ClN3O3S. The molecule has 1 heterocycles. The van der Waals surface area contributed by atoms with Gasteiger partial charge in [-0.2, -0.15) is 5.26 Å². The van der Waals surface area contributed by atoms with Gasteiger partial charge >= 0.3 is 0 Å². The first kappa shape index (κ1) is 21.7. The molecule has 2 aromatic rings. The SMILES string of the molecule is CCCn1c(C)cc(/C=C(\C#N)C(=O)Nc2cc(S(C)(=O)=O)ccc2Cl)c1C. The molecule has 0 unspecified atom stereocenters. The highest BCUT2D eigenvalue weighted by Gasteiger charge is 2.16. The van der Waals surface area contributed by atoms with Gasteiger partial charge < -0.3 is 9.88 Å². The maximum atomic E-state index is 12.6. The fraction of sp³-hybridized carbons (Fsp3) is 0.300. The number of aryl methyl sites for hydroxylation is 1. The summed E-state index contributed by atoms with van der Waals surface area (Å²) < 4.78 is 25.6. The van der Waals surface area contributed by atoms with E-state index in [1.165, 1.54) is 24.3 Å². The van der Waals surface area contributed by atoms with Crippen LogP contribution in [0.4, 0.5) is 5.69 Å². The summed E-state index contributed by atoms with van der Waals surface area (Å²) in [4.78, 5) is 12.6. The minimum absolute atomic E-state index is 0.0257. The summed E-state index contributed by atoms with van der Waals surface area (Å²) in [6.45, 7) is 6.85. The molecule has 2 rings (SSSR count). The summed E-state index contributed by atoms with van der Waals surface area (Å²) in [7, 11) is -3.46. The topological polar surface area (TPSA) is 92.0 Å². The standard InChI is InChI=1S/C20H22ClN3O3S/c1-5-8-24-13(2)9-15(14(24)3)10-16(12-22)20(25)23-19-11-17(28(4,26)27)6-7-18(19)21/h6-7,9-11H,5,8H2,1-4H3,(H,23,25)/b16-10+. The number of rotatable bonds is 6. The van der Waals surface area contributed by atoms with Crippen LogP contribution in [0.15, 0.2) is 34.7 Å². The van der Waals surface area contributed by atoms with Crippen molar-refractivity contribution in [1.29, 1.82) is 5.26 Å². The number of carbonyl (C=O) groups excluding carboxylic acids is 1. The second-order valence-corrected chi connectivity index (χ2v) is 8.94. The van der Waals surface area contributed by atoms with Crippen molar-refractivity contribution in [3.05, 3.63) is 51.8 Å². The molecule has 1 aromatic carbocycles. The first-order chi connectivity index (χ1) is 13.1. The van der Waals surface area contributed by atoms with E-state index in [2.05, 4.69) is 16.8 Å². The van der Waals surface area contributed by atoms with Gasteiger partial charge in [0, 0.05) is 24.2 Å². The smallest absolute Gasteiger partial charge is 0.266 e. The summed E-state index contributed by atoms with van der Waals surface area (Å²) >= 11 is 6.07. The number of benzene rings is 1. The van der Waals surface area contributed by atoms with Crippen LogP contribution in [-0.4, -0.2) is 25.1 Å². The Morgan fingerprint density at radius 1 is 1.32 bits per heavy atom. The highest BCUT2D eigenvalue weighted by Crippen LogP contribution is 2.26. The summed E-state index contributed by atoms with van der Waals surface area (Å²) in [5, 5.41) is 12.2. The molecule has 0 atom stereocenters. The van der Waals surface area contributed by atoms with E-state index in [0.29, 0.717) is 0 Å². The molecule has 148 valence electrons. The van der Waals surface area contributed by atoms with Crippen molar-refractivity contribution in [2.75, 3.05) is 11.6 Å². The maximum Gasteiger partial charge on any atom is 0.266 e. The van der Waals surface area contributed by atoms with Gasteiger partial charge in [0.2, 0.25) is 0 Å². The number of anilines is 1. The third-order valence-corrected chi connectivity index (χ3v) is 5.78. The Morgan fingerprint density at radius 3 is 2.57 bits per heavy atom. The number of amides is 1. The Kier molecular flexibility index (Phi) is 6.70. The number of hydrogen-bond acceptors (Lipinski definition) is 4. The number of hydrogen-bond donors (Lipinski definition) is 1. The highest BCUT2D eigenvalue weighted by atomic mass is 35.5. The van der Waals surface area contributed by atoms with Gasteiger partial charge in [-0.15, -0.1) is 0 Å². The molecule has 0 spiro atoms. The van der Waals surface area contributed by atoms with E-state index in [0.717, 1.165) is 36.2 Å². The van der Waals surface area contributed by atoms with Crippen molar-refractivity contribution in [1.82, 2.24) is 4.57 Å². The van der Waals surface area contributed by atoms with E-state index in [9.17, 15) is 18.5 Å². The van der Waals surface area contributed by atoms with E-state index in [4.69, 9.17) is 11.6 Å². The van der Waals surface area contributed by atoms with Gasteiger partial charge in [0.1, 0.15) is 11.6 Å². The molecule has 0 bridgehead atoms. The largest absolute Gasteiger partial charge is 0.349 e. The third-order valence-electron chi connectivity index (χ3n) is 4.34. The Balaban J connectivity index is 2.37. The normalized spacial score (nSPS) is 11.9. The first-order valence-electron chi connectivity index (χ1n) is 8.68. The Hall–Kier alpha value is -2.56. The minimum atomic E-state index is -3.46. The lowest BCUT2D eigenvalue weighted by molar-refractivity contribution is -0.112. The Labute approximate surface area is 170 Å². The van der Waals surface area contributed by atoms with Crippen molar-refractivity contribution in [3.8, 4) is 6.07 Å². The van der Waals surface area contributed by atoms with Crippen LogP contribution in [-0.2, 0) is 21.2 Å². The van der Waals surface area contributed by atoms with E-state index >= 15 is 0 Å². The summed E-state index contributed by atoms with van der Waals surface area (Å²) in [5.41, 5.74) is 2.84. The van der Waals surface area contributed by atoms with Crippen molar-refractivity contribution in [3.63, 3.8) is 0 Å². The second-order valence-electron chi connectivity index (χ2n) is 6.52. The van der Waals surface area contributed by atoms with Crippen LogP contribution in [0.1, 0.15) is 30.3 Å². The van der Waals surface area contributed by atoms with Crippen LogP contribution in [0, 0.1) is 25.2 Å². The highest BCUT2D eigenvalue weighted by molar-refractivity contribution is 7.90. The molecule has 0 fully saturated rings. The van der Waals surface area contributed by atoms with Gasteiger partial charge in [0.25, 0.3) is 5.91 Å². The fourth-order valence-electron chi connectivity index (χ4n) is 2.87. The second kappa shape index (κ2) is 8.63. The zero-order valence-electron chi connectivity index (χ0n) is 16.2. The zero-order chi connectivity index (χ0) is 21.1. The lowest BCUT2D eigenvalue weighted by atomic mass is 10.1. The zero-order valence-corrected chi connectivity index (χ0v) is 17.8. The number of halogens is 1. The number of nitrogens with one attached hydrogen (secondary N) is 1. The van der Waals surface area contributed by atoms with Crippen molar-refractivity contribution in [2.24, 2.45) is 0 Å². The van der Waals surface area contributed by atoms with Gasteiger partial charge in [-0.05, 0) is 56.2 Å². The third kappa shape index (κ3) is 4.83. The number of nitrogens with zero attached hydrogens (tertiary/aromatic N) is 2. The molecule has 0 aliphatic carbocycles. The molecular weight excluding hydrogens is 398 g/mol. The van der Waals surface area contributed by atoms with E-state index < -0.39 is 15.7 Å². The van der Waals surface area contributed by atoms with Crippen LogP contribution < -0.4 is 5.32 Å². The Morgan fingerprint density at radius 2 is 2.00 bits per heavy atom. The number of carbonyl (C=O) groups is 1. The monoisotopic (exact) mass is 419 g/mol. The predicted molar refractivity (Wildman–Crippen MR) is 111 cm³/mol. The van der Waals surface area contributed by atoms with E-state index in [-0.39, 0.29) is 21.2 Å². The van der Waals surface area contributed by atoms with E-state index in [1.807, 2.05) is 26.0 Å². The lowest BCUT2D eigenvalue weighted by Crippen LogP contribution is -2.14. The number of sulfone groups is 1. The molecule has 1 aromatic heterocycles. The van der Waals surface area contributed by atoms with Crippen molar-refractivity contribution < 1.29 is 13.2 Å². The molecule has 0 radical (unpaired) electrons. The number of aromatic nitrogens is 1. The molecule has 0 aliphatic rings. The summed E-state index contributed by atoms with van der Waals surface area (Å²) in [6.07, 6.45) is 3.56. The average molecular weight is 420 g/mol. The van der Waals surface area contributed by atoms with Crippen LogP contribution >= 0.6 is 11.6 Å². The van der Waals surface area contributed by atoms with Gasteiger partial charge in [-0.1, -0.05) is 18.5 Å². The van der Waals surface area contributed by atoms with Crippen LogP contribution in [0.5, 0.6) is 0 Å². The molecule has 1 amide bonds. The van der Waals surface area contributed by atoms with Gasteiger partial charge in [-0.3, -0.25) is 4.79 Å². The summed E-state index contributed by atoms with van der Waals surface area (Å²) in [5.74, 6) is -0.657.